The lowest BCUT2D eigenvalue weighted by atomic mass is 10.1. The minimum atomic E-state index is -0.309. The molecule has 3 aromatic rings. The molecule has 3 rings (SSSR count). The molecule has 0 unspecified atom stereocenters. The first-order valence-electron chi connectivity index (χ1n) is 8.35. The highest BCUT2D eigenvalue weighted by molar-refractivity contribution is 6.35. The van der Waals surface area contributed by atoms with Gasteiger partial charge in [0.25, 0.3) is 5.91 Å². The molecule has 0 saturated heterocycles. The van der Waals surface area contributed by atoms with Crippen molar-refractivity contribution in [2.75, 3.05) is 23.4 Å². The molecule has 0 saturated carbocycles. The average Bonchev–Trinajstić information content (AvgIpc) is 2.69. The van der Waals surface area contributed by atoms with Crippen molar-refractivity contribution >= 4 is 57.9 Å². The van der Waals surface area contributed by atoms with Crippen molar-refractivity contribution in [1.82, 2.24) is 4.98 Å². The average molecular weight is 437 g/mol. The molecule has 1 aromatic heterocycles. The van der Waals surface area contributed by atoms with Gasteiger partial charge in [0, 0.05) is 29.0 Å². The summed E-state index contributed by atoms with van der Waals surface area (Å²) in [4.78, 5) is 18.6. The zero-order chi connectivity index (χ0) is 20.1. The lowest BCUT2D eigenvalue weighted by molar-refractivity contribution is 0.102. The predicted molar refractivity (Wildman–Crippen MR) is 114 cm³/mol. The van der Waals surface area contributed by atoms with Crippen LogP contribution in [0.3, 0.4) is 0 Å². The molecule has 8 heteroatoms. The Morgan fingerprint density at radius 3 is 2.46 bits per heavy atom. The number of pyridine rings is 1. The van der Waals surface area contributed by atoms with Crippen LogP contribution in [0.2, 0.25) is 15.1 Å². The van der Waals surface area contributed by atoms with Gasteiger partial charge in [0.1, 0.15) is 0 Å². The third-order valence-corrected chi connectivity index (χ3v) is 4.79. The summed E-state index contributed by atoms with van der Waals surface area (Å²) in [5.74, 6) is 0.131. The quantitative estimate of drug-likeness (QED) is 0.541. The first kappa shape index (κ1) is 20.4. The summed E-state index contributed by atoms with van der Waals surface area (Å²) in [5, 5.41) is 13.7. The van der Waals surface area contributed by atoms with Crippen molar-refractivity contribution in [3.8, 4) is 0 Å². The maximum Gasteiger partial charge on any atom is 0.255 e. The number of aliphatic hydroxyl groups is 1. The van der Waals surface area contributed by atoms with E-state index in [4.69, 9.17) is 34.8 Å². The molecule has 1 heterocycles. The summed E-state index contributed by atoms with van der Waals surface area (Å²) in [7, 11) is 0. The lowest BCUT2D eigenvalue weighted by Gasteiger charge is -2.25. The van der Waals surface area contributed by atoms with Gasteiger partial charge in [0.2, 0.25) is 0 Å². The molecule has 2 N–H and O–H groups in total. The Kier molecular flexibility index (Phi) is 6.75. The standard InChI is InChI=1S/C20H16Cl3N3O2/c21-14-4-6-15(7-5-14)25-20(28)13-3-8-16(22)18(12-13)26(10-11-27)19-17(23)2-1-9-24-19/h1-9,12,27H,10-11H2,(H,25,28). The zero-order valence-electron chi connectivity index (χ0n) is 14.6. The van der Waals surface area contributed by atoms with Gasteiger partial charge in [-0.25, -0.2) is 4.98 Å². The van der Waals surface area contributed by atoms with E-state index in [1.54, 1.807) is 65.7 Å². The van der Waals surface area contributed by atoms with Gasteiger partial charge in [-0.1, -0.05) is 34.8 Å². The second-order valence-corrected chi connectivity index (χ2v) is 7.06. The molecule has 0 bridgehead atoms. The van der Waals surface area contributed by atoms with Crippen LogP contribution >= 0.6 is 34.8 Å². The molecule has 28 heavy (non-hydrogen) atoms. The van der Waals surface area contributed by atoms with E-state index in [2.05, 4.69) is 10.3 Å². The van der Waals surface area contributed by atoms with Crippen LogP contribution in [-0.2, 0) is 0 Å². The maximum absolute atomic E-state index is 12.6. The smallest absolute Gasteiger partial charge is 0.255 e. The van der Waals surface area contributed by atoms with E-state index in [0.717, 1.165) is 0 Å². The van der Waals surface area contributed by atoms with Crippen molar-refractivity contribution in [2.24, 2.45) is 0 Å². The SMILES string of the molecule is O=C(Nc1ccc(Cl)cc1)c1ccc(Cl)c(N(CCO)c2ncccc2Cl)c1. The van der Waals surface area contributed by atoms with Crippen LogP contribution in [0.15, 0.2) is 60.8 Å². The monoisotopic (exact) mass is 435 g/mol. The molecule has 0 spiro atoms. The largest absolute Gasteiger partial charge is 0.395 e. The molecule has 0 aliphatic rings. The number of benzene rings is 2. The van der Waals surface area contributed by atoms with Crippen LogP contribution < -0.4 is 10.2 Å². The molecule has 0 aliphatic carbocycles. The van der Waals surface area contributed by atoms with E-state index in [1.165, 1.54) is 0 Å². The molecule has 5 nitrogen and oxygen atoms in total. The van der Waals surface area contributed by atoms with Crippen molar-refractivity contribution in [3.63, 3.8) is 0 Å². The van der Waals surface area contributed by atoms with Crippen LogP contribution in [0.4, 0.5) is 17.2 Å². The van der Waals surface area contributed by atoms with E-state index in [-0.39, 0.29) is 19.1 Å². The van der Waals surface area contributed by atoms with E-state index < -0.39 is 0 Å². The number of nitrogens with one attached hydrogen (secondary N) is 1. The Bertz CT molecular complexity index is 981. The number of amides is 1. The minimum absolute atomic E-state index is 0.148. The fourth-order valence-corrected chi connectivity index (χ4v) is 3.18. The zero-order valence-corrected chi connectivity index (χ0v) is 16.8. The van der Waals surface area contributed by atoms with Gasteiger partial charge < -0.3 is 15.3 Å². The summed E-state index contributed by atoms with van der Waals surface area (Å²) >= 11 is 18.5. The lowest BCUT2D eigenvalue weighted by Crippen LogP contribution is -2.23. The minimum Gasteiger partial charge on any atom is -0.395 e. The van der Waals surface area contributed by atoms with Crippen molar-refractivity contribution in [1.29, 1.82) is 0 Å². The fraction of sp³-hybridized carbons (Fsp3) is 0.100. The van der Waals surface area contributed by atoms with Gasteiger partial charge in [-0.2, -0.15) is 0 Å². The number of carbonyl (C=O) groups is 1. The van der Waals surface area contributed by atoms with Gasteiger partial charge in [0.05, 0.1) is 22.3 Å². The third kappa shape index (κ3) is 4.75. The summed E-state index contributed by atoms with van der Waals surface area (Å²) in [6, 6.07) is 15.1. The van der Waals surface area contributed by atoms with E-state index >= 15 is 0 Å². The number of halogens is 3. The molecule has 0 aliphatic heterocycles. The highest BCUT2D eigenvalue weighted by Crippen LogP contribution is 2.35. The highest BCUT2D eigenvalue weighted by atomic mass is 35.5. The van der Waals surface area contributed by atoms with Gasteiger partial charge in [-0.3, -0.25) is 4.79 Å². The first-order chi connectivity index (χ1) is 13.5. The Balaban J connectivity index is 1.94. The van der Waals surface area contributed by atoms with Gasteiger partial charge in [0.15, 0.2) is 5.82 Å². The summed E-state index contributed by atoms with van der Waals surface area (Å²) in [6.45, 7) is 0.0587. The van der Waals surface area contributed by atoms with Crippen LogP contribution in [0, 0.1) is 0 Å². The molecular formula is C20H16Cl3N3O2. The Morgan fingerprint density at radius 1 is 1.04 bits per heavy atom. The van der Waals surface area contributed by atoms with E-state index in [1.807, 2.05) is 0 Å². The molecule has 144 valence electrons. The van der Waals surface area contributed by atoms with Crippen molar-refractivity contribution < 1.29 is 9.90 Å². The first-order valence-corrected chi connectivity index (χ1v) is 9.48. The van der Waals surface area contributed by atoms with E-state index in [9.17, 15) is 9.90 Å². The topological polar surface area (TPSA) is 65.5 Å². The number of carbonyl (C=O) groups excluding carboxylic acids is 1. The molecule has 1 amide bonds. The van der Waals surface area contributed by atoms with Gasteiger partial charge in [-0.15, -0.1) is 0 Å². The number of aromatic nitrogens is 1. The number of rotatable bonds is 6. The maximum atomic E-state index is 12.6. The van der Waals surface area contributed by atoms with Crippen molar-refractivity contribution in [3.05, 3.63) is 81.4 Å². The van der Waals surface area contributed by atoms with Gasteiger partial charge >= 0.3 is 0 Å². The molecule has 0 radical (unpaired) electrons. The summed E-state index contributed by atoms with van der Waals surface area (Å²) in [6.07, 6.45) is 1.59. The number of nitrogens with zero attached hydrogens (tertiary/aromatic N) is 2. The van der Waals surface area contributed by atoms with Crippen LogP contribution in [0.1, 0.15) is 10.4 Å². The number of aliphatic hydroxyl groups excluding tert-OH is 1. The van der Waals surface area contributed by atoms with Crippen LogP contribution in [0.25, 0.3) is 0 Å². The second kappa shape index (κ2) is 9.26. The fourth-order valence-electron chi connectivity index (χ4n) is 2.61. The molecular weight excluding hydrogens is 421 g/mol. The Hall–Kier alpha value is -2.31. The third-order valence-electron chi connectivity index (χ3n) is 3.92. The number of hydrogen-bond donors (Lipinski definition) is 2. The summed E-state index contributed by atoms with van der Waals surface area (Å²) in [5.41, 5.74) is 1.52. The molecule has 0 fully saturated rings. The highest BCUT2D eigenvalue weighted by Gasteiger charge is 2.18. The molecule has 2 aromatic carbocycles. The number of hydrogen-bond acceptors (Lipinski definition) is 4. The van der Waals surface area contributed by atoms with Crippen LogP contribution in [-0.4, -0.2) is 29.1 Å². The van der Waals surface area contributed by atoms with Crippen LogP contribution in [0.5, 0.6) is 0 Å². The Labute approximate surface area is 177 Å². The summed E-state index contributed by atoms with van der Waals surface area (Å²) < 4.78 is 0. The van der Waals surface area contributed by atoms with Gasteiger partial charge in [-0.05, 0) is 54.6 Å². The number of anilines is 3. The Morgan fingerprint density at radius 2 is 1.79 bits per heavy atom. The van der Waals surface area contributed by atoms with Crippen molar-refractivity contribution in [2.45, 2.75) is 0 Å². The molecule has 0 atom stereocenters. The van der Waals surface area contributed by atoms with E-state index in [0.29, 0.717) is 37.8 Å². The second-order valence-electron chi connectivity index (χ2n) is 5.81. The predicted octanol–water partition coefficient (Wildman–Crippen LogP) is 5.42. The normalized spacial score (nSPS) is 10.6.